The van der Waals surface area contributed by atoms with Crippen molar-refractivity contribution in [2.24, 2.45) is 0 Å². The number of methoxy groups -OCH3 is 1. The lowest BCUT2D eigenvalue weighted by atomic mass is 10.1. The minimum atomic E-state index is -3.81. The van der Waals surface area contributed by atoms with Gasteiger partial charge < -0.3 is 14.5 Å². The van der Waals surface area contributed by atoms with Crippen LogP contribution in [0, 0.1) is 20.8 Å². The Hall–Kier alpha value is -3.10. The molecule has 0 saturated heterocycles. The first kappa shape index (κ1) is 24.5. The first-order valence-electron chi connectivity index (χ1n) is 10.7. The highest BCUT2D eigenvalue weighted by Crippen LogP contribution is 2.26. The van der Waals surface area contributed by atoms with E-state index in [1.165, 1.54) is 4.31 Å². The summed E-state index contributed by atoms with van der Waals surface area (Å²) in [5.41, 5.74) is 4.32. The average Bonchev–Trinajstić information content (AvgIpc) is 3.08. The molecular weight excluding hydrogens is 440 g/mol. The van der Waals surface area contributed by atoms with Crippen LogP contribution in [0.5, 0.6) is 5.75 Å². The van der Waals surface area contributed by atoms with Crippen LogP contribution in [0.4, 0.5) is 0 Å². The molecule has 0 aliphatic rings. The fourth-order valence-electron chi connectivity index (χ4n) is 3.63. The summed E-state index contributed by atoms with van der Waals surface area (Å²) >= 11 is 0. The van der Waals surface area contributed by atoms with E-state index >= 15 is 0 Å². The standard InChI is InChI=1S/C25H30N2O5S/c1-6-32-25(28)24-18(3)23(19(4)26-24)16-27(15-20-9-11-21(31-5)12-10-20)33(29,30)22-13-7-17(2)8-14-22/h7-14,26H,6,15-16H2,1-5H3. The average molecular weight is 471 g/mol. The van der Waals surface area contributed by atoms with Gasteiger partial charge in [0.1, 0.15) is 11.4 Å². The number of ether oxygens (including phenoxy) is 2. The molecule has 0 radical (unpaired) electrons. The molecule has 1 heterocycles. The van der Waals surface area contributed by atoms with Gasteiger partial charge in [0.25, 0.3) is 0 Å². The summed E-state index contributed by atoms with van der Waals surface area (Å²) in [4.78, 5) is 15.6. The molecule has 176 valence electrons. The largest absolute Gasteiger partial charge is 0.497 e. The second kappa shape index (κ2) is 10.2. The zero-order valence-corrected chi connectivity index (χ0v) is 20.5. The first-order valence-corrected chi connectivity index (χ1v) is 12.2. The predicted octanol–water partition coefficient (Wildman–Crippen LogP) is 4.52. The fraction of sp³-hybridized carbons (Fsp3) is 0.320. The van der Waals surface area contributed by atoms with Crippen molar-refractivity contribution in [1.29, 1.82) is 0 Å². The van der Waals surface area contributed by atoms with Crippen LogP contribution in [0.2, 0.25) is 0 Å². The molecular formula is C25H30N2O5S. The van der Waals surface area contributed by atoms with E-state index in [0.717, 1.165) is 22.4 Å². The summed E-state index contributed by atoms with van der Waals surface area (Å²) in [7, 11) is -2.23. The van der Waals surface area contributed by atoms with Crippen molar-refractivity contribution < 1.29 is 22.7 Å². The van der Waals surface area contributed by atoms with Gasteiger partial charge in [-0.25, -0.2) is 13.2 Å². The molecule has 8 heteroatoms. The molecule has 1 N–H and O–H groups in total. The van der Waals surface area contributed by atoms with Gasteiger partial charge in [-0.2, -0.15) is 4.31 Å². The molecule has 0 fully saturated rings. The predicted molar refractivity (Wildman–Crippen MR) is 127 cm³/mol. The number of aryl methyl sites for hydroxylation is 2. The Morgan fingerprint density at radius 3 is 2.18 bits per heavy atom. The smallest absolute Gasteiger partial charge is 0.355 e. The summed E-state index contributed by atoms with van der Waals surface area (Å²) < 4.78 is 39.1. The number of nitrogens with zero attached hydrogens (tertiary/aromatic N) is 1. The number of esters is 1. The van der Waals surface area contributed by atoms with Crippen LogP contribution in [0.1, 0.15) is 45.4 Å². The molecule has 33 heavy (non-hydrogen) atoms. The van der Waals surface area contributed by atoms with Gasteiger partial charge in [0.05, 0.1) is 18.6 Å². The third kappa shape index (κ3) is 5.46. The minimum Gasteiger partial charge on any atom is -0.497 e. The van der Waals surface area contributed by atoms with Crippen molar-refractivity contribution in [3.8, 4) is 5.75 Å². The Morgan fingerprint density at radius 1 is 0.970 bits per heavy atom. The number of aromatic nitrogens is 1. The van der Waals surface area contributed by atoms with Crippen LogP contribution in [0.3, 0.4) is 0 Å². The van der Waals surface area contributed by atoms with E-state index in [-0.39, 0.29) is 24.6 Å². The van der Waals surface area contributed by atoms with Crippen LogP contribution in [0.15, 0.2) is 53.4 Å². The van der Waals surface area contributed by atoms with Gasteiger partial charge in [-0.1, -0.05) is 29.8 Å². The maximum absolute atomic E-state index is 13.6. The van der Waals surface area contributed by atoms with Crippen LogP contribution in [-0.2, 0) is 27.8 Å². The molecule has 0 saturated carbocycles. The Balaban J connectivity index is 2.02. The molecule has 1 aromatic heterocycles. The summed E-state index contributed by atoms with van der Waals surface area (Å²) in [5, 5.41) is 0. The number of nitrogens with one attached hydrogen (secondary N) is 1. The minimum absolute atomic E-state index is 0.107. The molecule has 2 aromatic carbocycles. The number of rotatable bonds is 9. The monoisotopic (exact) mass is 470 g/mol. The van der Waals surface area contributed by atoms with Crippen molar-refractivity contribution in [1.82, 2.24) is 9.29 Å². The van der Waals surface area contributed by atoms with E-state index in [4.69, 9.17) is 9.47 Å². The molecule has 0 aliphatic carbocycles. The molecule has 0 unspecified atom stereocenters. The summed E-state index contributed by atoms with van der Waals surface area (Å²) in [6.45, 7) is 7.82. The summed E-state index contributed by atoms with van der Waals surface area (Å²) in [5.74, 6) is 0.246. The van der Waals surface area contributed by atoms with Gasteiger partial charge in [-0.3, -0.25) is 0 Å². The Labute approximate surface area is 195 Å². The molecule has 0 bridgehead atoms. The number of hydrogen-bond acceptors (Lipinski definition) is 5. The molecule has 0 spiro atoms. The lowest BCUT2D eigenvalue weighted by Crippen LogP contribution is -2.30. The second-order valence-electron chi connectivity index (χ2n) is 7.88. The third-order valence-corrected chi connectivity index (χ3v) is 7.39. The summed E-state index contributed by atoms with van der Waals surface area (Å²) in [6.07, 6.45) is 0. The van der Waals surface area contributed by atoms with Gasteiger partial charge in [-0.15, -0.1) is 0 Å². The second-order valence-corrected chi connectivity index (χ2v) is 9.82. The van der Waals surface area contributed by atoms with Crippen LogP contribution in [0.25, 0.3) is 0 Å². The number of H-pyrrole nitrogens is 1. The summed E-state index contributed by atoms with van der Waals surface area (Å²) in [6, 6.07) is 14.1. The van der Waals surface area contributed by atoms with Crippen LogP contribution < -0.4 is 4.74 Å². The number of carbonyl (C=O) groups excluding carboxylic acids is 1. The van der Waals surface area contributed by atoms with Crippen molar-refractivity contribution in [2.45, 2.75) is 45.7 Å². The van der Waals surface area contributed by atoms with E-state index in [9.17, 15) is 13.2 Å². The molecule has 3 rings (SSSR count). The highest BCUT2D eigenvalue weighted by Gasteiger charge is 2.28. The van der Waals surface area contributed by atoms with Crippen molar-refractivity contribution in [3.05, 3.63) is 82.2 Å². The highest BCUT2D eigenvalue weighted by molar-refractivity contribution is 7.89. The molecule has 7 nitrogen and oxygen atoms in total. The van der Waals surface area contributed by atoms with Gasteiger partial charge in [0.15, 0.2) is 0 Å². The highest BCUT2D eigenvalue weighted by atomic mass is 32.2. The quantitative estimate of drug-likeness (QED) is 0.465. The molecule has 0 atom stereocenters. The van der Waals surface area contributed by atoms with Crippen LogP contribution in [-0.4, -0.2) is 37.4 Å². The van der Waals surface area contributed by atoms with E-state index < -0.39 is 16.0 Å². The van der Waals surface area contributed by atoms with Gasteiger partial charge in [0, 0.05) is 18.8 Å². The van der Waals surface area contributed by atoms with Crippen molar-refractivity contribution in [3.63, 3.8) is 0 Å². The van der Waals surface area contributed by atoms with E-state index in [2.05, 4.69) is 4.98 Å². The Morgan fingerprint density at radius 2 is 1.61 bits per heavy atom. The van der Waals surface area contributed by atoms with Gasteiger partial charge in [0.2, 0.25) is 10.0 Å². The lowest BCUT2D eigenvalue weighted by molar-refractivity contribution is 0.0519. The Bertz CT molecular complexity index is 1210. The zero-order valence-electron chi connectivity index (χ0n) is 19.6. The van der Waals surface area contributed by atoms with Crippen molar-refractivity contribution >= 4 is 16.0 Å². The Kier molecular flexibility index (Phi) is 7.61. The first-order chi connectivity index (χ1) is 15.7. The number of carbonyl (C=O) groups is 1. The van der Waals surface area contributed by atoms with Gasteiger partial charge in [-0.05, 0) is 68.7 Å². The maximum Gasteiger partial charge on any atom is 0.355 e. The molecule has 0 aliphatic heterocycles. The maximum atomic E-state index is 13.6. The van der Waals surface area contributed by atoms with Gasteiger partial charge >= 0.3 is 5.97 Å². The zero-order chi connectivity index (χ0) is 24.2. The van der Waals surface area contributed by atoms with E-state index in [1.807, 2.05) is 26.0 Å². The van der Waals surface area contributed by atoms with Crippen LogP contribution >= 0.6 is 0 Å². The van der Waals surface area contributed by atoms with Crippen molar-refractivity contribution in [2.75, 3.05) is 13.7 Å². The SMILES string of the molecule is CCOC(=O)c1[nH]c(C)c(CN(Cc2ccc(OC)cc2)S(=O)(=O)c2ccc(C)cc2)c1C. The number of sulfonamides is 1. The number of benzene rings is 2. The third-order valence-electron chi connectivity index (χ3n) is 5.58. The topological polar surface area (TPSA) is 88.7 Å². The lowest BCUT2D eigenvalue weighted by Gasteiger charge is -2.23. The normalized spacial score (nSPS) is 11.6. The number of hydrogen-bond donors (Lipinski definition) is 1. The van der Waals surface area contributed by atoms with E-state index in [1.54, 1.807) is 57.4 Å². The molecule has 3 aromatic rings. The number of aromatic amines is 1. The van der Waals surface area contributed by atoms with E-state index in [0.29, 0.717) is 17.0 Å². The molecule has 0 amide bonds. The fourth-order valence-corrected chi connectivity index (χ4v) is 5.03.